The van der Waals surface area contributed by atoms with Crippen molar-refractivity contribution in [1.29, 1.82) is 0 Å². The molecular weight excluding hydrogens is 223 g/mol. The molecule has 2 rings (SSSR count). The molecule has 6 radical (unpaired) electrons. The molecule has 0 amide bonds. The fourth-order valence-electron chi connectivity index (χ4n) is 1.65. The summed E-state index contributed by atoms with van der Waals surface area (Å²) in [6.45, 7) is 7.93. The van der Waals surface area contributed by atoms with Crippen molar-refractivity contribution in [3.63, 3.8) is 0 Å². The van der Waals surface area contributed by atoms with E-state index in [-0.39, 0.29) is 0 Å². The molecule has 1 aliphatic heterocycles. The van der Waals surface area contributed by atoms with Crippen molar-refractivity contribution >= 4 is 36.1 Å². The van der Waals surface area contributed by atoms with Gasteiger partial charge in [-0.25, -0.2) is 0 Å². The van der Waals surface area contributed by atoms with E-state index < -0.39 is 23.6 Å². The van der Waals surface area contributed by atoms with Crippen LogP contribution in [-0.2, 0) is 14.5 Å². The van der Waals surface area contributed by atoms with Crippen LogP contribution in [0.15, 0.2) is 12.4 Å². The molecule has 0 spiro atoms. The van der Waals surface area contributed by atoms with Crippen molar-refractivity contribution < 1.29 is 9.31 Å². The molecule has 18 heavy (non-hydrogen) atoms. The molecular formula is C10H14B4N2O2. The zero-order chi connectivity index (χ0) is 13.8. The second-order valence-electron chi connectivity index (χ2n) is 5.69. The van der Waals surface area contributed by atoms with Crippen LogP contribution in [0.1, 0.15) is 27.7 Å². The first-order valence-corrected chi connectivity index (χ1v) is 5.80. The zero-order valence-corrected chi connectivity index (χ0v) is 11.2. The lowest BCUT2D eigenvalue weighted by atomic mass is 9.49. The van der Waals surface area contributed by atoms with Crippen LogP contribution < -0.4 is 5.46 Å². The second kappa shape index (κ2) is 3.94. The van der Waals surface area contributed by atoms with E-state index in [1.54, 1.807) is 12.4 Å². The van der Waals surface area contributed by atoms with Gasteiger partial charge < -0.3 is 9.31 Å². The molecule has 1 aromatic rings. The summed E-state index contributed by atoms with van der Waals surface area (Å²) >= 11 is 0. The Balaban J connectivity index is 2.23. The van der Waals surface area contributed by atoms with Gasteiger partial charge in [0.25, 0.3) is 0 Å². The maximum atomic E-state index is 5.88. The van der Waals surface area contributed by atoms with Crippen LogP contribution in [0.5, 0.6) is 0 Å². The molecule has 1 fully saturated rings. The lowest BCUT2D eigenvalue weighted by Gasteiger charge is -2.32. The highest BCUT2D eigenvalue weighted by molar-refractivity contribution is 6.62. The Hall–Kier alpha value is -0.610. The number of aromatic nitrogens is 2. The van der Waals surface area contributed by atoms with Gasteiger partial charge in [0.15, 0.2) is 0 Å². The fraction of sp³-hybridized carbons (Fsp3) is 0.700. The number of hydrogen-bond donors (Lipinski definition) is 0. The maximum Gasteiger partial charge on any atom is 0.498 e. The quantitative estimate of drug-likeness (QED) is 0.636. The molecule has 88 valence electrons. The van der Waals surface area contributed by atoms with Crippen LogP contribution in [0, 0.1) is 0 Å². The van der Waals surface area contributed by atoms with E-state index in [4.69, 9.17) is 32.8 Å². The molecule has 1 aromatic heterocycles. The zero-order valence-electron chi connectivity index (χ0n) is 11.2. The van der Waals surface area contributed by atoms with Gasteiger partial charge in [-0.3, -0.25) is 4.68 Å². The van der Waals surface area contributed by atoms with E-state index >= 15 is 0 Å². The number of hydrogen-bond acceptors (Lipinski definition) is 3. The number of rotatable bonds is 2. The molecule has 0 aromatic carbocycles. The average Bonchev–Trinajstić information content (AvgIpc) is 2.69. The Labute approximate surface area is 112 Å². The predicted molar refractivity (Wildman–Crippen MR) is 73.2 cm³/mol. The molecule has 0 aliphatic carbocycles. The SMILES string of the molecule is [B]C([B])([B])n1cc(B2OC(C)(C)C(C)(C)O2)cn1. The van der Waals surface area contributed by atoms with Crippen molar-refractivity contribution in [3.8, 4) is 0 Å². The standard InChI is InChI=1S/C10H14B4N2O2/c1-8(2)9(3,4)18-14(17-8)7-5-15-16(6-7)10(11,12)13/h5-6H,1-4H3. The van der Waals surface area contributed by atoms with E-state index in [0.717, 1.165) is 5.46 Å². The molecule has 0 N–H and O–H groups in total. The van der Waals surface area contributed by atoms with E-state index in [1.807, 2.05) is 27.7 Å². The van der Waals surface area contributed by atoms with Crippen molar-refractivity contribution in [3.05, 3.63) is 12.4 Å². The molecule has 2 heterocycles. The van der Waals surface area contributed by atoms with Crippen molar-refractivity contribution in [1.82, 2.24) is 9.78 Å². The Morgan fingerprint density at radius 2 is 1.67 bits per heavy atom. The van der Waals surface area contributed by atoms with Crippen LogP contribution in [0.2, 0.25) is 0 Å². The Bertz CT molecular complexity index is 437. The van der Waals surface area contributed by atoms with E-state index in [1.165, 1.54) is 4.68 Å². The van der Waals surface area contributed by atoms with Crippen LogP contribution in [0.3, 0.4) is 0 Å². The van der Waals surface area contributed by atoms with Gasteiger partial charge in [-0.1, -0.05) is 0 Å². The summed E-state index contributed by atoms with van der Waals surface area (Å²) in [4.78, 5) is 0. The Morgan fingerprint density at radius 1 is 1.17 bits per heavy atom. The van der Waals surface area contributed by atoms with Gasteiger partial charge in [-0.05, 0) is 32.9 Å². The summed E-state index contributed by atoms with van der Waals surface area (Å²) in [7, 11) is 16.2. The highest BCUT2D eigenvalue weighted by atomic mass is 16.7. The monoisotopic (exact) mass is 238 g/mol. The van der Waals surface area contributed by atoms with Crippen LogP contribution in [0.4, 0.5) is 0 Å². The summed E-state index contributed by atoms with van der Waals surface area (Å²) in [5.41, 5.74) is -0.0601. The minimum absolute atomic E-state index is 0.398. The lowest BCUT2D eigenvalue weighted by molar-refractivity contribution is 0.00578. The van der Waals surface area contributed by atoms with E-state index in [0.29, 0.717) is 0 Å². The third-order valence-electron chi connectivity index (χ3n) is 3.52. The molecule has 0 saturated carbocycles. The lowest BCUT2D eigenvalue weighted by Crippen LogP contribution is -2.41. The van der Waals surface area contributed by atoms with Crippen LogP contribution in [0.25, 0.3) is 0 Å². The fourth-order valence-corrected chi connectivity index (χ4v) is 1.65. The van der Waals surface area contributed by atoms with Crippen molar-refractivity contribution in [2.45, 2.75) is 44.1 Å². The summed E-state index contributed by atoms with van der Waals surface area (Å²) in [6, 6.07) is 0. The highest BCUT2D eigenvalue weighted by Gasteiger charge is 2.52. The maximum absolute atomic E-state index is 5.88. The minimum Gasteiger partial charge on any atom is -0.399 e. The molecule has 1 aliphatic rings. The number of nitrogens with zero attached hydrogens (tertiary/aromatic N) is 2. The first-order chi connectivity index (χ1) is 8.03. The van der Waals surface area contributed by atoms with Crippen molar-refractivity contribution in [2.24, 2.45) is 0 Å². The van der Waals surface area contributed by atoms with Gasteiger partial charge in [0.1, 0.15) is 0 Å². The van der Waals surface area contributed by atoms with Gasteiger partial charge in [0.05, 0.1) is 34.7 Å². The summed E-state index contributed by atoms with van der Waals surface area (Å²) in [5.74, 6) is 0. The van der Waals surface area contributed by atoms with E-state index in [9.17, 15) is 0 Å². The summed E-state index contributed by atoms with van der Waals surface area (Å²) in [6.07, 6.45) is 3.21. The molecule has 0 bridgehead atoms. The van der Waals surface area contributed by atoms with Gasteiger partial charge in [-0.2, -0.15) is 5.10 Å². The predicted octanol–water partition coefficient (Wildman–Crippen LogP) is -0.744. The second-order valence-corrected chi connectivity index (χ2v) is 5.69. The molecule has 8 heteroatoms. The summed E-state index contributed by atoms with van der Waals surface area (Å²) in [5, 5.41) is 2.48. The topological polar surface area (TPSA) is 36.3 Å². The summed E-state index contributed by atoms with van der Waals surface area (Å²) < 4.78 is 13.0. The molecule has 1 saturated heterocycles. The molecule has 4 nitrogen and oxygen atoms in total. The third kappa shape index (κ3) is 2.28. The first-order valence-electron chi connectivity index (χ1n) is 5.80. The first kappa shape index (κ1) is 13.8. The molecule has 0 unspecified atom stereocenters. The van der Waals surface area contributed by atoms with Gasteiger partial charge in [0, 0.05) is 17.9 Å². The van der Waals surface area contributed by atoms with Gasteiger partial charge >= 0.3 is 7.12 Å². The normalized spacial score (nSPS) is 22.3. The highest BCUT2D eigenvalue weighted by Crippen LogP contribution is 2.36. The molecule has 0 atom stereocenters. The minimum atomic E-state index is -1.53. The van der Waals surface area contributed by atoms with Gasteiger partial charge in [0.2, 0.25) is 0 Å². The third-order valence-corrected chi connectivity index (χ3v) is 3.52. The van der Waals surface area contributed by atoms with Crippen LogP contribution >= 0.6 is 0 Å². The average molecular weight is 237 g/mol. The Morgan fingerprint density at radius 3 is 2.06 bits per heavy atom. The Kier molecular flexibility index (Phi) is 3.02. The smallest absolute Gasteiger partial charge is 0.399 e. The van der Waals surface area contributed by atoms with E-state index in [2.05, 4.69) is 5.10 Å². The van der Waals surface area contributed by atoms with Crippen molar-refractivity contribution in [2.75, 3.05) is 0 Å². The van der Waals surface area contributed by atoms with Gasteiger partial charge in [-0.15, -0.1) is 0 Å². The largest absolute Gasteiger partial charge is 0.498 e. The van der Waals surface area contributed by atoms with Crippen LogP contribution in [-0.4, -0.2) is 51.6 Å².